The molecule has 10 heteroatoms. The van der Waals surface area contributed by atoms with Crippen molar-refractivity contribution < 1.29 is 13.3 Å². The number of nitro benzene ring substituents is 1. The minimum Gasteiger partial charge on any atom is -0.382 e. The highest BCUT2D eigenvalue weighted by atomic mass is 35.5. The van der Waals surface area contributed by atoms with Gasteiger partial charge in [-0.1, -0.05) is 23.7 Å². The number of halogens is 1. The van der Waals surface area contributed by atoms with E-state index in [0.29, 0.717) is 13.1 Å². The van der Waals surface area contributed by atoms with Crippen LogP contribution >= 0.6 is 11.6 Å². The Morgan fingerprint density at radius 3 is 2.78 bits per heavy atom. The predicted molar refractivity (Wildman–Crippen MR) is 103 cm³/mol. The molecular formula is C17H19ClN4O4S. The first kappa shape index (κ1) is 19.6. The standard InChI is InChI=1S/C17H19ClN4O4S/c18-15-3-1-2-12-11-21(8-6-14(12)15)9-7-20-16-10-13(22(23)24)4-5-17(16)27(19,25)26/h1-5,10,20H,6-9,11H2,(H2,19,25,26). The van der Waals surface area contributed by atoms with Crippen LogP contribution in [-0.4, -0.2) is 37.9 Å². The van der Waals surface area contributed by atoms with E-state index in [4.69, 9.17) is 16.7 Å². The van der Waals surface area contributed by atoms with Crippen molar-refractivity contribution in [1.82, 2.24) is 4.90 Å². The summed E-state index contributed by atoms with van der Waals surface area (Å²) in [6, 6.07) is 9.30. The minimum atomic E-state index is -3.99. The van der Waals surface area contributed by atoms with Gasteiger partial charge >= 0.3 is 0 Å². The van der Waals surface area contributed by atoms with Gasteiger partial charge in [-0.2, -0.15) is 0 Å². The van der Waals surface area contributed by atoms with Crippen LogP contribution in [0, 0.1) is 10.1 Å². The van der Waals surface area contributed by atoms with Gasteiger partial charge in [-0.15, -0.1) is 0 Å². The minimum absolute atomic E-state index is 0.132. The summed E-state index contributed by atoms with van der Waals surface area (Å²) in [5, 5.41) is 19.9. The zero-order valence-corrected chi connectivity index (χ0v) is 16.0. The summed E-state index contributed by atoms with van der Waals surface area (Å²) in [5.41, 5.74) is 2.27. The van der Waals surface area contributed by atoms with Crippen molar-refractivity contribution in [3.05, 3.63) is 62.7 Å². The summed E-state index contributed by atoms with van der Waals surface area (Å²) in [4.78, 5) is 12.4. The molecule has 1 aliphatic heterocycles. The van der Waals surface area contributed by atoms with Crippen molar-refractivity contribution >= 4 is 33.0 Å². The van der Waals surface area contributed by atoms with Crippen molar-refractivity contribution in [1.29, 1.82) is 0 Å². The summed E-state index contributed by atoms with van der Waals surface area (Å²) in [7, 11) is -3.99. The van der Waals surface area contributed by atoms with Gasteiger partial charge in [0.1, 0.15) is 4.90 Å². The topological polar surface area (TPSA) is 119 Å². The molecule has 1 aliphatic rings. The van der Waals surface area contributed by atoms with E-state index in [2.05, 4.69) is 10.2 Å². The van der Waals surface area contributed by atoms with Gasteiger partial charge in [0, 0.05) is 43.3 Å². The first-order chi connectivity index (χ1) is 12.8. The third kappa shape index (κ3) is 4.56. The molecule has 0 aromatic heterocycles. The van der Waals surface area contributed by atoms with Crippen LogP contribution in [0.2, 0.25) is 5.02 Å². The Kier molecular flexibility index (Phi) is 5.66. The Morgan fingerprint density at radius 2 is 2.07 bits per heavy atom. The first-order valence-electron chi connectivity index (χ1n) is 8.29. The summed E-state index contributed by atoms with van der Waals surface area (Å²) in [6.07, 6.45) is 0.842. The third-order valence-electron chi connectivity index (χ3n) is 4.51. The second kappa shape index (κ2) is 7.81. The summed E-state index contributed by atoms with van der Waals surface area (Å²) < 4.78 is 23.4. The van der Waals surface area contributed by atoms with Gasteiger partial charge < -0.3 is 5.32 Å². The van der Waals surface area contributed by atoms with Crippen molar-refractivity contribution in [2.75, 3.05) is 25.0 Å². The number of hydrogen-bond acceptors (Lipinski definition) is 6. The van der Waals surface area contributed by atoms with Crippen molar-refractivity contribution in [3.63, 3.8) is 0 Å². The SMILES string of the molecule is NS(=O)(=O)c1ccc([N+](=O)[O-])cc1NCCN1CCc2c(Cl)cccc2C1. The molecule has 3 rings (SSSR count). The van der Waals surface area contributed by atoms with Gasteiger partial charge in [-0.3, -0.25) is 15.0 Å². The van der Waals surface area contributed by atoms with Crippen molar-refractivity contribution in [2.45, 2.75) is 17.9 Å². The van der Waals surface area contributed by atoms with E-state index in [0.717, 1.165) is 36.7 Å². The molecule has 0 saturated heterocycles. The van der Waals surface area contributed by atoms with Crippen LogP contribution in [0.4, 0.5) is 11.4 Å². The van der Waals surface area contributed by atoms with Gasteiger partial charge in [0.05, 0.1) is 10.6 Å². The quantitative estimate of drug-likeness (QED) is 0.557. The monoisotopic (exact) mass is 410 g/mol. The molecule has 0 aliphatic carbocycles. The molecule has 0 spiro atoms. The number of nitrogens with zero attached hydrogens (tertiary/aromatic N) is 2. The Morgan fingerprint density at radius 1 is 1.30 bits per heavy atom. The number of sulfonamides is 1. The molecule has 0 radical (unpaired) electrons. The predicted octanol–water partition coefficient (Wildman–Crippen LogP) is 2.37. The summed E-state index contributed by atoms with van der Waals surface area (Å²) in [5.74, 6) is 0. The molecule has 0 amide bonds. The molecular weight excluding hydrogens is 392 g/mol. The van der Waals surface area contributed by atoms with Gasteiger partial charge in [-0.25, -0.2) is 13.6 Å². The van der Waals surface area contributed by atoms with Gasteiger partial charge in [0.2, 0.25) is 10.0 Å². The third-order valence-corrected chi connectivity index (χ3v) is 5.83. The Bertz CT molecular complexity index is 981. The van der Waals surface area contributed by atoms with E-state index in [-0.39, 0.29) is 16.3 Å². The number of nitrogens with two attached hydrogens (primary N) is 1. The van der Waals surface area contributed by atoms with Gasteiger partial charge in [0.15, 0.2) is 0 Å². The maximum atomic E-state index is 11.7. The molecule has 0 saturated carbocycles. The highest BCUT2D eigenvalue weighted by molar-refractivity contribution is 7.89. The molecule has 0 fully saturated rings. The van der Waals surface area contributed by atoms with Gasteiger partial charge in [-0.05, 0) is 29.7 Å². The van der Waals surface area contributed by atoms with E-state index in [1.54, 1.807) is 0 Å². The number of nitrogens with one attached hydrogen (secondary N) is 1. The Balaban J connectivity index is 1.69. The normalized spacial score (nSPS) is 14.6. The number of benzene rings is 2. The molecule has 3 N–H and O–H groups in total. The van der Waals surface area contributed by atoms with E-state index < -0.39 is 14.9 Å². The lowest BCUT2D eigenvalue weighted by atomic mass is 10.00. The number of nitro groups is 1. The van der Waals surface area contributed by atoms with Crippen LogP contribution in [0.3, 0.4) is 0 Å². The fourth-order valence-corrected chi connectivity index (χ4v) is 4.16. The maximum absolute atomic E-state index is 11.7. The second-order valence-corrected chi connectivity index (χ2v) is 8.25. The maximum Gasteiger partial charge on any atom is 0.271 e. The summed E-state index contributed by atoms with van der Waals surface area (Å²) in [6.45, 7) is 2.63. The van der Waals surface area contributed by atoms with Crippen LogP contribution in [0.5, 0.6) is 0 Å². The zero-order valence-electron chi connectivity index (χ0n) is 14.4. The van der Waals surface area contributed by atoms with Crippen molar-refractivity contribution in [3.8, 4) is 0 Å². The highest BCUT2D eigenvalue weighted by Gasteiger charge is 2.20. The zero-order chi connectivity index (χ0) is 19.6. The Hall–Kier alpha value is -2.20. The molecule has 27 heavy (non-hydrogen) atoms. The van der Waals surface area contributed by atoms with Gasteiger partial charge in [0.25, 0.3) is 5.69 Å². The molecule has 144 valence electrons. The molecule has 0 bridgehead atoms. The van der Waals surface area contributed by atoms with Crippen LogP contribution in [-0.2, 0) is 23.0 Å². The van der Waals surface area contributed by atoms with E-state index >= 15 is 0 Å². The molecule has 2 aromatic carbocycles. The lowest BCUT2D eigenvalue weighted by Crippen LogP contribution is -2.34. The van der Waals surface area contributed by atoms with Crippen LogP contribution in [0.1, 0.15) is 11.1 Å². The average molecular weight is 411 g/mol. The van der Waals surface area contributed by atoms with E-state index in [9.17, 15) is 18.5 Å². The first-order valence-corrected chi connectivity index (χ1v) is 10.2. The molecule has 8 nitrogen and oxygen atoms in total. The number of rotatable bonds is 6. The fraction of sp³-hybridized carbons (Fsp3) is 0.294. The Labute approximate surface area is 162 Å². The molecule has 0 unspecified atom stereocenters. The smallest absolute Gasteiger partial charge is 0.271 e. The number of fused-ring (bicyclic) bond motifs is 1. The average Bonchev–Trinajstić information content (AvgIpc) is 2.61. The summed E-state index contributed by atoms with van der Waals surface area (Å²) >= 11 is 6.22. The molecule has 1 heterocycles. The lowest BCUT2D eigenvalue weighted by Gasteiger charge is -2.29. The highest BCUT2D eigenvalue weighted by Crippen LogP contribution is 2.27. The van der Waals surface area contributed by atoms with E-state index in [1.165, 1.54) is 17.2 Å². The molecule has 0 atom stereocenters. The van der Waals surface area contributed by atoms with Crippen LogP contribution in [0.15, 0.2) is 41.3 Å². The van der Waals surface area contributed by atoms with Crippen molar-refractivity contribution in [2.24, 2.45) is 5.14 Å². The second-order valence-electron chi connectivity index (χ2n) is 6.31. The fourth-order valence-electron chi connectivity index (χ4n) is 3.18. The van der Waals surface area contributed by atoms with Crippen LogP contribution < -0.4 is 10.5 Å². The number of anilines is 1. The number of non-ortho nitro benzene ring substituents is 1. The lowest BCUT2D eigenvalue weighted by molar-refractivity contribution is -0.384. The van der Waals surface area contributed by atoms with Crippen LogP contribution in [0.25, 0.3) is 0 Å². The van der Waals surface area contributed by atoms with E-state index in [1.807, 2.05) is 18.2 Å². The largest absolute Gasteiger partial charge is 0.382 e. The molecule has 2 aromatic rings. The number of hydrogen-bond donors (Lipinski definition) is 2. The number of primary sulfonamides is 1.